The Bertz CT molecular complexity index is 1240. The third kappa shape index (κ3) is 4.47. The number of carbonyl (C=O) groups excluding carboxylic acids is 2. The number of urea groups is 1. The Morgan fingerprint density at radius 2 is 1.85 bits per heavy atom. The van der Waals surface area contributed by atoms with Gasteiger partial charge in [0.15, 0.2) is 11.5 Å². The van der Waals surface area contributed by atoms with Gasteiger partial charge in [0.1, 0.15) is 18.2 Å². The number of hydrogen-bond acceptors (Lipinski definition) is 5. The summed E-state index contributed by atoms with van der Waals surface area (Å²) in [5.41, 5.74) is 0.487. The number of β-amino-alcohol motifs (C(OH)–C–C–N with tert-alkyl or cyclic N) is 1. The molecule has 4 rings (SSSR count). The zero-order chi connectivity index (χ0) is 24.3. The van der Waals surface area contributed by atoms with Crippen LogP contribution in [0.15, 0.2) is 73.3 Å². The van der Waals surface area contributed by atoms with Crippen LogP contribution in [0, 0.1) is 0 Å². The van der Waals surface area contributed by atoms with Gasteiger partial charge in [-0.2, -0.15) is 0 Å². The predicted octanol–water partition coefficient (Wildman–Crippen LogP) is 3.78. The average molecular weight is 461 g/mol. The van der Waals surface area contributed by atoms with Crippen LogP contribution in [0.4, 0.5) is 4.79 Å². The summed E-state index contributed by atoms with van der Waals surface area (Å²) in [4.78, 5) is 26.9. The van der Waals surface area contributed by atoms with Gasteiger partial charge in [0, 0.05) is 0 Å². The molecule has 7 nitrogen and oxygen atoms in total. The molecule has 2 N–H and O–H groups in total. The Morgan fingerprint density at radius 1 is 1.09 bits per heavy atom. The second-order valence-corrected chi connectivity index (χ2v) is 8.48. The molecule has 1 saturated heterocycles. The molecule has 3 aromatic carbocycles. The van der Waals surface area contributed by atoms with Crippen molar-refractivity contribution in [3.05, 3.63) is 84.4 Å². The number of aliphatic hydroxyl groups excluding tert-OH is 1. The van der Waals surface area contributed by atoms with Crippen molar-refractivity contribution >= 4 is 22.7 Å². The number of rotatable bonds is 9. The largest absolute Gasteiger partial charge is 0.493 e. The number of benzene rings is 3. The summed E-state index contributed by atoms with van der Waals surface area (Å²) in [5.74, 6) is 0.580. The van der Waals surface area contributed by atoms with Crippen LogP contribution in [0.3, 0.4) is 0 Å². The topological polar surface area (TPSA) is 88.1 Å². The Hall–Kier alpha value is -3.84. The molecule has 2 atom stereocenters. The van der Waals surface area contributed by atoms with Gasteiger partial charge in [-0.25, -0.2) is 4.79 Å². The summed E-state index contributed by atoms with van der Waals surface area (Å²) in [6, 6.07) is 18.4. The lowest BCUT2D eigenvalue weighted by atomic mass is 9.90. The molecule has 1 aliphatic heterocycles. The maximum absolute atomic E-state index is 13.2. The molecule has 0 radical (unpaired) electrons. The maximum Gasteiger partial charge on any atom is 0.325 e. The van der Waals surface area contributed by atoms with E-state index in [1.54, 1.807) is 19.1 Å². The molecule has 0 spiro atoms. The van der Waals surface area contributed by atoms with Crippen molar-refractivity contribution in [1.82, 2.24) is 10.2 Å². The molecule has 1 aliphatic rings. The highest BCUT2D eigenvalue weighted by Gasteiger charge is 2.49. The van der Waals surface area contributed by atoms with E-state index in [0.29, 0.717) is 23.5 Å². The van der Waals surface area contributed by atoms with Crippen LogP contribution >= 0.6 is 0 Å². The fraction of sp³-hybridized carbons (Fsp3) is 0.259. The number of allylic oxidation sites excluding steroid dienone is 1. The number of nitrogens with one attached hydrogen (secondary N) is 1. The number of nitrogens with zero attached hydrogens (tertiary/aromatic N) is 1. The first kappa shape index (κ1) is 23.3. The van der Waals surface area contributed by atoms with Crippen molar-refractivity contribution in [3.63, 3.8) is 0 Å². The van der Waals surface area contributed by atoms with Crippen LogP contribution in [0.1, 0.15) is 18.1 Å². The fourth-order valence-electron chi connectivity index (χ4n) is 4.13. The summed E-state index contributed by atoms with van der Waals surface area (Å²) in [5, 5.41) is 15.3. The summed E-state index contributed by atoms with van der Waals surface area (Å²) < 4.78 is 11.1. The average Bonchev–Trinajstić information content (AvgIpc) is 3.06. The molecule has 0 bridgehead atoms. The van der Waals surface area contributed by atoms with Crippen LogP contribution in [0.25, 0.3) is 10.8 Å². The monoisotopic (exact) mass is 460 g/mol. The van der Waals surface area contributed by atoms with Crippen LogP contribution in [-0.4, -0.2) is 48.3 Å². The van der Waals surface area contributed by atoms with Crippen LogP contribution in [0.5, 0.6) is 11.5 Å². The molecule has 3 aromatic rings. The van der Waals surface area contributed by atoms with Crippen molar-refractivity contribution < 1.29 is 24.2 Å². The van der Waals surface area contributed by atoms with Gasteiger partial charge in [-0.05, 0) is 53.4 Å². The van der Waals surface area contributed by atoms with E-state index >= 15 is 0 Å². The highest BCUT2D eigenvalue weighted by molar-refractivity contribution is 6.07. The molecule has 2 unspecified atom stereocenters. The van der Waals surface area contributed by atoms with Gasteiger partial charge in [-0.15, -0.1) is 6.58 Å². The normalized spacial score (nSPS) is 18.6. The molecule has 0 aliphatic carbocycles. The molecule has 7 heteroatoms. The summed E-state index contributed by atoms with van der Waals surface area (Å²) >= 11 is 0. The minimum atomic E-state index is -1.22. The second-order valence-electron chi connectivity index (χ2n) is 8.48. The number of carbonyl (C=O) groups is 2. The van der Waals surface area contributed by atoms with Gasteiger partial charge in [-0.1, -0.05) is 48.5 Å². The lowest BCUT2D eigenvalue weighted by Crippen LogP contribution is -2.42. The summed E-state index contributed by atoms with van der Waals surface area (Å²) in [6.45, 7) is 5.10. The first-order chi connectivity index (χ1) is 16.4. The number of ether oxygens (including phenoxy) is 2. The smallest absolute Gasteiger partial charge is 0.325 e. The van der Waals surface area contributed by atoms with E-state index in [1.165, 1.54) is 7.11 Å². The van der Waals surface area contributed by atoms with Gasteiger partial charge < -0.3 is 19.9 Å². The van der Waals surface area contributed by atoms with E-state index in [0.717, 1.165) is 21.2 Å². The Morgan fingerprint density at radius 3 is 2.59 bits per heavy atom. The summed E-state index contributed by atoms with van der Waals surface area (Å²) in [6.07, 6.45) is 1.41. The third-order valence-corrected chi connectivity index (χ3v) is 6.03. The second kappa shape index (κ2) is 9.57. The zero-order valence-electron chi connectivity index (χ0n) is 19.3. The molecule has 0 saturated carbocycles. The molecule has 0 aromatic heterocycles. The quantitative estimate of drug-likeness (QED) is 0.375. The minimum absolute atomic E-state index is 0.110. The van der Waals surface area contributed by atoms with E-state index in [2.05, 4.69) is 11.9 Å². The first-order valence-corrected chi connectivity index (χ1v) is 11.1. The Labute approximate surface area is 198 Å². The van der Waals surface area contributed by atoms with Crippen molar-refractivity contribution in [2.45, 2.75) is 25.0 Å². The minimum Gasteiger partial charge on any atom is -0.493 e. The fourth-order valence-corrected chi connectivity index (χ4v) is 4.13. The molecule has 1 heterocycles. The Kier molecular flexibility index (Phi) is 6.56. The van der Waals surface area contributed by atoms with Gasteiger partial charge in [0.05, 0.1) is 13.7 Å². The van der Waals surface area contributed by atoms with Crippen molar-refractivity contribution in [2.75, 3.05) is 20.3 Å². The third-order valence-electron chi connectivity index (χ3n) is 6.03. The number of imide groups is 1. The predicted molar refractivity (Wildman–Crippen MR) is 130 cm³/mol. The van der Waals surface area contributed by atoms with Crippen LogP contribution in [0.2, 0.25) is 0 Å². The molecule has 176 valence electrons. The van der Waals surface area contributed by atoms with Gasteiger partial charge >= 0.3 is 6.03 Å². The van der Waals surface area contributed by atoms with E-state index in [-0.39, 0.29) is 13.2 Å². The maximum atomic E-state index is 13.2. The highest BCUT2D eigenvalue weighted by atomic mass is 16.5. The van der Waals surface area contributed by atoms with E-state index in [1.807, 2.05) is 54.6 Å². The molecular formula is C27H28N2O5. The highest BCUT2D eigenvalue weighted by Crippen LogP contribution is 2.32. The standard InChI is InChI=1S/C27H28N2O5/c1-4-7-18-10-13-23(24(14-18)33-3)34-17-22(30)16-29-25(31)27(2,28-26(29)32)21-12-11-19-8-5-6-9-20(19)15-21/h4-6,8-15,22,30H,1,7,16-17H2,2-3H3,(H,28,32). The van der Waals surface area contributed by atoms with Gasteiger partial charge in [0.25, 0.3) is 5.91 Å². The number of methoxy groups -OCH3 is 1. The molecule has 34 heavy (non-hydrogen) atoms. The van der Waals surface area contributed by atoms with Gasteiger partial charge in [0.2, 0.25) is 0 Å². The van der Waals surface area contributed by atoms with Crippen molar-refractivity contribution in [2.24, 2.45) is 0 Å². The number of aliphatic hydroxyl groups is 1. The molecular weight excluding hydrogens is 432 g/mol. The number of hydrogen-bond donors (Lipinski definition) is 2. The van der Waals surface area contributed by atoms with E-state index in [4.69, 9.17) is 9.47 Å². The molecule has 1 fully saturated rings. The van der Waals surface area contributed by atoms with Gasteiger partial charge in [-0.3, -0.25) is 9.69 Å². The number of fused-ring (bicyclic) bond motifs is 1. The zero-order valence-corrected chi connectivity index (χ0v) is 19.3. The van der Waals surface area contributed by atoms with Crippen LogP contribution in [-0.2, 0) is 16.8 Å². The van der Waals surface area contributed by atoms with Crippen LogP contribution < -0.4 is 14.8 Å². The summed E-state index contributed by atoms with van der Waals surface area (Å²) in [7, 11) is 1.54. The van der Waals surface area contributed by atoms with Crippen molar-refractivity contribution in [1.29, 1.82) is 0 Å². The Balaban J connectivity index is 1.44. The lowest BCUT2D eigenvalue weighted by Gasteiger charge is -2.23. The van der Waals surface area contributed by atoms with E-state index in [9.17, 15) is 14.7 Å². The molecule has 3 amide bonds. The van der Waals surface area contributed by atoms with Crippen molar-refractivity contribution in [3.8, 4) is 11.5 Å². The lowest BCUT2D eigenvalue weighted by molar-refractivity contribution is -0.132. The van der Waals surface area contributed by atoms with E-state index < -0.39 is 23.6 Å². The number of amides is 3. The SMILES string of the molecule is C=CCc1ccc(OCC(O)CN2C(=O)NC(C)(c3ccc4ccccc4c3)C2=O)c(OC)c1. The first-order valence-electron chi connectivity index (χ1n) is 11.1.